The van der Waals surface area contributed by atoms with E-state index in [0.29, 0.717) is 18.7 Å². The monoisotopic (exact) mass is 291 g/mol. The second-order valence-electron chi connectivity index (χ2n) is 5.21. The SMILES string of the molecule is Cc1nc([C@H](Cc2ccccc2)NC=O)nc2ccccc12. The van der Waals surface area contributed by atoms with Crippen molar-refractivity contribution in [2.45, 2.75) is 19.4 Å². The van der Waals surface area contributed by atoms with Crippen LogP contribution in [-0.4, -0.2) is 16.4 Å². The highest BCUT2D eigenvalue weighted by Gasteiger charge is 2.16. The summed E-state index contributed by atoms with van der Waals surface area (Å²) in [5, 5.41) is 3.87. The van der Waals surface area contributed by atoms with Crippen LogP contribution in [0.3, 0.4) is 0 Å². The van der Waals surface area contributed by atoms with Crippen molar-refractivity contribution in [2.75, 3.05) is 0 Å². The first-order chi connectivity index (χ1) is 10.8. The third kappa shape index (κ3) is 2.96. The summed E-state index contributed by atoms with van der Waals surface area (Å²) < 4.78 is 0. The predicted molar refractivity (Wildman–Crippen MR) is 86.4 cm³/mol. The van der Waals surface area contributed by atoms with Crippen molar-refractivity contribution in [2.24, 2.45) is 0 Å². The molecule has 22 heavy (non-hydrogen) atoms. The van der Waals surface area contributed by atoms with E-state index >= 15 is 0 Å². The van der Waals surface area contributed by atoms with Gasteiger partial charge in [0.15, 0.2) is 5.82 Å². The Hall–Kier alpha value is -2.75. The van der Waals surface area contributed by atoms with Crippen LogP contribution in [0, 0.1) is 6.92 Å². The van der Waals surface area contributed by atoms with E-state index in [1.54, 1.807) is 0 Å². The van der Waals surface area contributed by atoms with Crippen LogP contribution in [0.2, 0.25) is 0 Å². The summed E-state index contributed by atoms with van der Waals surface area (Å²) >= 11 is 0. The van der Waals surface area contributed by atoms with Gasteiger partial charge in [-0.15, -0.1) is 0 Å². The molecule has 3 rings (SSSR count). The Balaban J connectivity index is 1.99. The molecule has 0 saturated carbocycles. The van der Waals surface area contributed by atoms with Gasteiger partial charge in [-0.05, 0) is 25.0 Å². The summed E-state index contributed by atoms with van der Waals surface area (Å²) in [5.74, 6) is 0.646. The smallest absolute Gasteiger partial charge is 0.207 e. The molecule has 4 nitrogen and oxygen atoms in total. The summed E-state index contributed by atoms with van der Waals surface area (Å²) in [7, 11) is 0. The standard InChI is InChI=1S/C18H17N3O/c1-13-15-9-5-6-10-16(15)21-18(20-13)17(19-12-22)11-14-7-3-2-4-8-14/h2-10,12,17H,11H2,1H3,(H,19,22)/t17-/m0/s1. The van der Waals surface area contributed by atoms with Crippen molar-refractivity contribution in [1.29, 1.82) is 0 Å². The van der Waals surface area contributed by atoms with Crippen LogP contribution >= 0.6 is 0 Å². The largest absolute Gasteiger partial charge is 0.348 e. The van der Waals surface area contributed by atoms with Gasteiger partial charge in [-0.3, -0.25) is 4.79 Å². The second kappa shape index (κ2) is 6.35. The van der Waals surface area contributed by atoms with Crippen LogP contribution in [0.4, 0.5) is 0 Å². The molecule has 0 unspecified atom stereocenters. The van der Waals surface area contributed by atoms with Gasteiger partial charge in [0.25, 0.3) is 0 Å². The molecule has 0 aliphatic heterocycles. The average Bonchev–Trinajstić information content (AvgIpc) is 2.55. The maximum absolute atomic E-state index is 11.0. The molecule has 1 heterocycles. The Morgan fingerprint density at radius 3 is 2.55 bits per heavy atom. The number of aromatic nitrogens is 2. The van der Waals surface area contributed by atoms with Crippen molar-refractivity contribution in [1.82, 2.24) is 15.3 Å². The zero-order valence-electron chi connectivity index (χ0n) is 12.4. The molecule has 0 aliphatic rings. The molecular formula is C18H17N3O. The van der Waals surface area contributed by atoms with Gasteiger partial charge >= 0.3 is 0 Å². The minimum Gasteiger partial charge on any atom is -0.348 e. The quantitative estimate of drug-likeness (QED) is 0.735. The molecule has 1 aromatic heterocycles. The lowest BCUT2D eigenvalue weighted by Gasteiger charge is -2.16. The molecular weight excluding hydrogens is 274 g/mol. The van der Waals surface area contributed by atoms with E-state index in [2.05, 4.69) is 15.3 Å². The Labute approximate surface area is 129 Å². The molecule has 0 saturated heterocycles. The first-order valence-electron chi connectivity index (χ1n) is 7.25. The number of benzene rings is 2. The van der Waals surface area contributed by atoms with Crippen LogP contribution in [0.5, 0.6) is 0 Å². The van der Waals surface area contributed by atoms with Gasteiger partial charge in [0.1, 0.15) is 0 Å². The van der Waals surface area contributed by atoms with Gasteiger partial charge in [-0.2, -0.15) is 0 Å². The average molecular weight is 291 g/mol. The van der Waals surface area contributed by atoms with E-state index in [1.165, 1.54) is 0 Å². The lowest BCUT2D eigenvalue weighted by Crippen LogP contribution is -2.24. The van der Waals surface area contributed by atoms with Crippen molar-refractivity contribution < 1.29 is 4.79 Å². The van der Waals surface area contributed by atoms with Gasteiger partial charge in [0, 0.05) is 11.1 Å². The van der Waals surface area contributed by atoms with Crippen molar-refractivity contribution in [3.05, 3.63) is 71.7 Å². The maximum atomic E-state index is 11.0. The zero-order valence-corrected chi connectivity index (χ0v) is 12.4. The Morgan fingerprint density at radius 1 is 1.05 bits per heavy atom. The van der Waals surface area contributed by atoms with E-state index in [0.717, 1.165) is 22.2 Å². The molecule has 1 amide bonds. The third-order valence-corrected chi connectivity index (χ3v) is 3.67. The number of nitrogens with one attached hydrogen (secondary N) is 1. The Kier molecular flexibility index (Phi) is 4.10. The first kappa shape index (κ1) is 14.2. The lowest BCUT2D eigenvalue weighted by atomic mass is 10.0. The number of carbonyl (C=O) groups excluding carboxylic acids is 1. The van der Waals surface area contributed by atoms with Gasteiger partial charge in [0.05, 0.1) is 11.6 Å². The lowest BCUT2D eigenvalue weighted by molar-refractivity contribution is -0.110. The van der Waals surface area contributed by atoms with E-state index in [4.69, 9.17) is 0 Å². The number of nitrogens with zero attached hydrogens (tertiary/aromatic N) is 2. The fraction of sp³-hybridized carbons (Fsp3) is 0.167. The summed E-state index contributed by atoms with van der Waals surface area (Å²) in [6.45, 7) is 1.97. The summed E-state index contributed by atoms with van der Waals surface area (Å²) in [5.41, 5.74) is 2.96. The number of rotatable bonds is 5. The predicted octanol–water partition coefficient (Wildman–Crippen LogP) is 2.97. The Morgan fingerprint density at radius 2 is 1.77 bits per heavy atom. The van der Waals surface area contributed by atoms with Crippen LogP contribution < -0.4 is 5.32 Å². The Bertz CT molecular complexity index is 787. The number of aryl methyl sites for hydroxylation is 1. The molecule has 0 fully saturated rings. The molecule has 2 aromatic carbocycles. The van der Waals surface area contributed by atoms with E-state index < -0.39 is 0 Å². The molecule has 3 aromatic rings. The number of carbonyl (C=O) groups is 1. The first-order valence-corrected chi connectivity index (χ1v) is 7.25. The van der Waals surface area contributed by atoms with Crippen molar-refractivity contribution in [3.63, 3.8) is 0 Å². The number of hydrogen-bond donors (Lipinski definition) is 1. The summed E-state index contributed by atoms with van der Waals surface area (Å²) in [4.78, 5) is 20.2. The van der Waals surface area contributed by atoms with Crippen LogP contribution in [0.25, 0.3) is 10.9 Å². The minimum atomic E-state index is -0.233. The number of amides is 1. The van der Waals surface area contributed by atoms with Gasteiger partial charge in [0.2, 0.25) is 6.41 Å². The molecule has 0 bridgehead atoms. The van der Waals surface area contributed by atoms with Crippen LogP contribution in [0.15, 0.2) is 54.6 Å². The molecule has 1 atom stereocenters. The molecule has 110 valence electrons. The van der Waals surface area contributed by atoms with E-state index in [1.807, 2.05) is 61.5 Å². The molecule has 4 heteroatoms. The van der Waals surface area contributed by atoms with Crippen LogP contribution in [0.1, 0.15) is 23.1 Å². The molecule has 0 radical (unpaired) electrons. The topological polar surface area (TPSA) is 54.9 Å². The van der Waals surface area contributed by atoms with E-state index in [-0.39, 0.29) is 6.04 Å². The van der Waals surface area contributed by atoms with Crippen molar-refractivity contribution in [3.8, 4) is 0 Å². The molecule has 0 aliphatic carbocycles. The maximum Gasteiger partial charge on any atom is 0.207 e. The number of fused-ring (bicyclic) bond motifs is 1. The fourth-order valence-corrected chi connectivity index (χ4v) is 2.57. The normalized spacial score (nSPS) is 12.0. The molecule has 1 N–H and O–H groups in total. The summed E-state index contributed by atoms with van der Waals surface area (Å²) in [6, 6.07) is 17.7. The van der Waals surface area contributed by atoms with E-state index in [9.17, 15) is 4.79 Å². The van der Waals surface area contributed by atoms with Crippen LogP contribution in [-0.2, 0) is 11.2 Å². The highest BCUT2D eigenvalue weighted by molar-refractivity contribution is 5.80. The van der Waals surface area contributed by atoms with Gasteiger partial charge in [-0.25, -0.2) is 9.97 Å². The molecule has 0 spiro atoms. The minimum absolute atomic E-state index is 0.233. The van der Waals surface area contributed by atoms with Crippen molar-refractivity contribution >= 4 is 17.3 Å². The summed E-state index contributed by atoms with van der Waals surface area (Å²) in [6.07, 6.45) is 1.37. The zero-order chi connectivity index (χ0) is 15.4. The van der Waals surface area contributed by atoms with Gasteiger partial charge in [-0.1, -0.05) is 48.5 Å². The number of para-hydroxylation sites is 1. The van der Waals surface area contributed by atoms with Gasteiger partial charge < -0.3 is 5.32 Å². The highest BCUT2D eigenvalue weighted by atomic mass is 16.1. The second-order valence-corrected chi connectivity index (χ2v) is 5.21. The third-order valence-electron chi connectivity index (χ3n) is 3.67. The fourth-order valence-electron chi connectivity index (χ4n) is 2.57. The highest BCUT2D eigenvalue weighted by Crippen LogP contribution is 2.20. The number of hydrogen-bond acceptors (Lipinski definition) is 3.